The Bertz CT molecular complexity index is 940. The zero-order valence-corrected chi connectivity index (χ0v) is 16.2. The summed E-state index contributed by atoms with van der Waals surface area (Å²) in [5.74, 6) is 0.225. The molecule has 1 heterocycles. The minimum Gasteiger partial charge on any atom is -0.354 e. The summed E-state index contributed by atoms with van der Waals surface area (Å²) < 4.78 is 32.9. The van der Waals surface area contributed by atoms with Gasteiger partial charge in [0.05, 0.1) is 4.90 Å². The number of aryl methyl sites for hydroxylation is 1. The third kappa shape index (κ3) is 4.84. The third-order valence-electron chi connectivity index (χ3n) is 4.48. The Morgan fingerprint density at radius 3 is 2.48 bits per heavy atom. The van der Waals surface area contributed by atoms with Gasteiger partial charge in [-0.05, 0) is 43.5 Å². The van der Waals surface area contributed by atoms with E-state index < -0.39 is 10.0 Å². The van der Waals surface area contributed by atoms with E-state index in [0.717, 1.165) is 31.2 Å². The highest BCUT2D eigenvalue weighted by Gasteiger charge is 2.22. The average molecular weight is 389 g/mol. The van der Waals surface area contributed by atoms with Crippen LogP contribution < -0.4 is 10.0 Å². The largest absolute Gasteiger partial charge is 0.354 e. The quantitative estimate of drug-likeness (QED) is 0.789. The van der Waals surface area contributed by atoms with E-state index in [9.17, 15) is 13.2 Å². The monoisotopic (exact) mass is 389 g/mol. The topological polar surface area (TPSA) is 101 Å². The van der Waals surface area contributed by atoms with Crippen LogP contribution in [0.25, 0.3) is 12.2 Å². The second-order valence-corrected chi connectivity index (χ2v) is 8.41. The number of hydrogen-bond acceptors (Lipinski definition) is 5. The fourth-order valence-corrected chi connectivity index (χ4v) is 4.40. The first kappa shape index (κ1) is 19.3. The van der Waals surface area contributed by atoms with Crippen LogP contribution in [0.2, 0.25) is 0 Å². The molecule has 2 aromatic rings. The fourth-order valence-electron chi connectivity index (χ4n) is 3.09. The molecule has 1 amide bonds. The van der Waals surface area contributed by atoms with Crippen LogP contribution >= 0.6 is 0 Å². The molecule has 0 spiro atoms. The highest BCUT2D eigenvalue weighted by Crippen LogP contribution is 2.23. The number of aromatic nitrogens is 1. The molecule has 1 fully saturated rings. The SMILES string of the molecule is CC(=O)Nc1c(C)noc1/C=C\c1ccc(S(=O)(=O)NC2CCCC2)cc1. The molecule has 1 aromatic heterocycles. The predicted octanol–water partition coefficient (Wildman–Crippen LogP) is 3.33. The van der Waals surface area contributed by atoms with Gasteiger partial charge in [0.15, 0.2) is 5.76 Å². The van der Waals surface area contributed by atoms with Crippen LogP contribution in [-0.4, -0.2) is 25.5 Å². The molecule has 3 rings (SSSR count). The molecule has 1 saturated carbocycles. The van der Waals surface area contributed by atoms with Crippen molar-refractivity contribution in [3.05, 3.63) is 41.3 Å². The summed E-state index contributed by atoms with van der Waals surface area (Å²) in [6, 6.07) is 6.65. The predicted molar refractivity (Wildman–Crippen MR) is 103 cm³/mol. The van der Waals surface area contributed by atoms with Crippen LogP contribution in [0.15, 0.2) is 33.7 Å². The van der Waals surface area contributed by atoms with Gasteiger partial charge in [0.2, 0.25) is 15.9 Å². The number of nitrogens with zero attached hydrogens (tertiary/aromatic N) is 1. The van der Waals surface area contributed by atoms with E-state index in [1.54, 1.807) is 43.3 Å². The number of hydrogen-bond donors (Lipinski definition) is 2. The molecule has 1 aromatic carbocycles. The van der Waals surface area contributed by atoms with Gasteiger partial charge in [-0.25, -0.2) is 13.1 Å². The second kappa shape index (κ2) is 8.06. The van der Waals surface area contributed by atoms with E-state index in [1.807, 2.05) is 0 Å². The lowest BCUT2D eigenvalue weighted by Gasteiger charge is -2.12. The molecule has 0 saturated heterocycles. The molecule has 2 N–H and O–H groups in total. The van der Waals surface area contributed by atoms with E-state index in [-0.39, 0.29) is 16.8 Å². The first-order valence-electron chi connectivity index (χ1n) is 8.89. The van der Waals surface area contributed by atoms with Crippen molar-refractivity contribution in [2.75, 3.05) is 5.32 Å². The van der Waals surface area contributed by atoms with Gasteiger partial charge >= 0.3 is 0 Å². The van der Waals surface area contributed by atoms with Gasteiger partial charge in [0.1, 0.15) is 11.4 Å². The maximum atomic E-state index is 12.4. The summed E-state index contributed by atoms with van der Waals surface area (Å²) in [6.45, 7) is 3.15. The molecule has 1 aliphatic rings. The minimum absolute atomic E-state index is 0.0384. The molecule has 7 nitrogen and oxygen atoms in total. The summed E-state index contributed by atoms with van der Waals surface area (Å²) in [5.41, 5.74) is 1.92. The van der Waals surface area contributed by atoms with Crippen LogP contribution in [0.1, 0.15) is 49.6 Å². The Balaban J connectivity index is 1.72. The molecule has 0 radical (unpaired) electrons. The number of carbonyl (C=O) groups is 1. The van der Waals surface area contributed by atoms with Crippen molar-refractivity contribution in [1.29, 1.82) is 0 Å². The van der Waals surface area contributed by atoms with Crippen molar-refractivity contribution in [3.63, 3.8) is 0 Å². The molecular formula is C19H23N3O4S. The van der Waals surface area contributed by atoms with E-state index >= 15 is 0 Å². The van der Waals surface area contributed by atoms with Crippen LogP contribution in [-0.2, 0) is 14.8 Å². The number of rotatable bonds is 6. The molecular weight excluding hydrogens is 366 g/mol. The molecule has 144 valence electrons. The van der Waals surface area contributed by atoms with Gasteiger partial charge in [0.25, 0.3) is 0 Å². The standard InChI is InChI=1S/C19H23N3O4S/c1-13-19(20-14(2)23)18(26-21-13)12-9-15-7-10-17(11-8-15)27(24,25)22-16-5-3-4-6-16/h7-12,16,22H,3-6H2,1-2H3,(H,20,23)/b12-9-. The highest BCUT2D eigenvalue weighted by molar-refractivity contribution is 7.89. The van der Waals surface area contributed by atoms with E-state index in [0.29, 0.717) is 17.1 Å². The lowest BCUT2D eigenvalue weighted by atomic mass is 10.2. The van der Waals surface area contributed by atoms with Gasteiger partial charge in [-0.1, -0.05) is 36.2 Å². The number of anilines is 1. The molecule has 8 heteroatoms. The number of sulfonamides is 1. The van der Waals surface area contributed by atoms with Crippen molar-refractivity contribution in [2.45, 2.75) is 50.5 Å². The number of carbonyl (C=O) groups excluding carboxylic acids is 1. The van der Waals surface area contributed by atoms with Gasteiger partial charge in [0, 0.05) is 13.0 Å². The Hall–Kier alpha value is -2.45. The average Bonchev–Trinajstić information content (AvgIpc) is 3.24. The van der Waals surface area contributed by atoms with Crippen molar-refractivity contribution >= 4 is 33.8 Å². The first-order chi connectivity index (χ1) is 12.8. The van der Waals surface area contributed by atoms with Gasteiger partial charge < -0.3 is 9.84 Å². The zero-order chi connectivity index (χ0) is 19.4. The van der Waals surface area contributed by atoms with Crippen LogP contribution in [0.4, 0.5) is 5.69 Å². The van der Waals surface area contributed by atoms with Crippen molar-refractivity contribution in [2.24, 2.45) is 0 Å². The normalized spacial score (nSPS) is 15.5. The van der Waals surface area contributed by atoms with Crippen LogP contribution in [0, 0.1) is 6.92 Å². The van der Waals surface area contributed by atoms with Crippen molar-refractivity contribution in [1.82, 2.24) is 9.88 Å². The Kier molecular flexibility index (Phi) is 5.76. The first-order valence-corrected chi connectivity index (χ1v) is 10.4. The molecule has 0 atom stereocenters. The Labute approximate surface area is 158 Å². The molecule has 0 bridgehead atoms. The van der Waals surface area contributed by atoms with E-state index in [2.05, 4.69) is 15.2 Å². The van der Waals surface area contributed by atoms with Gasteiger partial charge in [-0.15, -0.1) is 0 Å². The smallest absolute Gasteiger partial charge is 0.240 e. The summed E-state index contributed by atoms with van der Waals surface area (Å²) in [7, 11) is -3.49. The van der Waals surface area contributed by atoms with E-state index in [4.69, 9.17) is 4.52 Å². The summed E-state index contributed by atoms with van der Waals surface area (Å²) in [5, 5.41) is 6.54. The van der Waals surface area contributed by atoms with Crippen molar-refractivity contribution < 1.29 is 17.7 Å². The molecule has 27 heavy (non-hydrogen) atoms. The molecule has 1 aliphatic carbocycles. The van der Waals surface area contributed by atoms with Crippen LogP contribution in [0.3, 0.4) is 0 Å². The number of amides is 1. The molecule has 0 unspecified atom stereocenters. The summed E-state index contributed by atoms with van der Waals surface area (Å²) in [4.78, 5) is 11.5. The summed E-state index contributed by atoms with van der Waals surface area (Å²) >= 11 is 0. The number of nitrogens with one attached hydrogen (secondary N) is 2. The fraction of sp³-hybridized carbons (Fsp3) is 0.368. The Morgan fingerprint density at radius 2 is 1.85 bits per heavy atom. The highest BCUT2D eigenvalue weighted by atomic mass is 32.2. The molecule has 0 aliphatic heterocycles. The van der Waals surface area contributed by atoms with Crippen molar-refractivity contribution in [3.8, 4) is 0 Å². The second-order valence-electron chi connectivity index (χ2n) is 6.69. The number of benzene rings is 1. The van der Waals surface area contributed by atoms with Crippen LogP contribution in [0.5, 0.6) is 0 Å². The maximum absolute atomic E-state index is 12.4. The third-order valence-corrected chi connectivity index (χ3v) is 6.02. The lowest BCUT2D eigenvalue weighted by molar-refractivity contribution is -0.114. The minimum atomic E-state index is -3.49. The Morgan fingerprint density at radius 1 is 1.19 bits per heavy atom. The maximum Gasteiger partial charge on any atom is 0.240 e. The summed E-state index contributed by atoms with van der Waals surface area (Å²) in [6.07, 6.45) is 7.38. The van der Waals surface area contributed by atoms with Gasteiger partial charge in [-0.2, -0.15) is 0 Å². The van der Waals surface area contributed by atoms with Gasteiger partial charge in [-0.3, -0.25) is 4.79 Å². The van der Waals surface area contributed by atoms with E-state index in [1.165, 1.54) is 6.92 Å². The zero-order valence-electron chi connectivity index (χ0n) is 15.4. The lowest BCUT2D eigenvalue weighted by Crippen LogP contribution is -2.32.